The summed E-state index contributed by atoms with van der Waals surface area (Å²) >= 11 is 0. The zero-order chi connectivity index (χ0) is 18.2. The maximum Gasteiger partial charge on any atom is 0.410 e. The summed E-state index contributed by atoms with van der Waals surface area (Å²) in [5.41, 5.74) is 1.42. The van der Waals surface area contributed by atoms with Gasteiger partial charge in [-0.3, -0.25) is 4.79 Å². The Labute approximate surface area is 148 Å². The van der Waals surface area contributed by atoms with Gasteiger partial charge in [0.15, 0.2) is 0 Å². The molecule has 1 saturated heterocycles. The van der Waals surface area contributed by atoms with E-state index >= 15 is 0 Å². The van der Waals surface area contributed by atoms with Gasteiger partial charge in [0.25, 0.3) is 0 Å². The van der Waals surface area contributed by atoms with E-state index < -0.39 is 5.60 Å². The highest BCUT2D eigenvalue weighted by Crippen LogP contribution is 2.36. The number of H-pyrrole nitrogens is 1. The van der Waals surface area contributed by atoms with Crippen LogP contribution < -0.4 is 0 Å². The van der Waals surface area contributed by atoms with Crippen LogP contribution in [0.25, 0.3) is 10.9 Å². The highest BCUT2D eigenvalue weighted by molar-refractivity contribution is 5.93. The standard InChI is InChI=1S/C20H26N2O3/c1-13(23)18(15-12-21-16-9-6-5-8-14(15)16)17-10-7-11-22(17)19(24)25-20(2,3)4/h5-6,8-9,12,17-18,21H,7,10-11H2,1-4H3/t17-,18?/m0/s1. The molecule has 2 aromatic rings. The Morgan fingerprint density at radius 3 is 2.68 bits per heavy atom. The van der Waals surface area contributed by atoms with Gasteiger partial charge in [-0.15, -0.1) is 0 Å². The quantitative estimate of drug-likeness (QED) is 0.907. The summed E-state index contributed by atoms with van der Waals surface area (Å²) in [5.74, 6) is -0.267. The number of likely N-dealkylation sites (tertiary alicyclic amines) is 1. The summed E-state index contributed by atoms with van der Waals surface area (Å²) in [6.45, 7) is 7.82. The molecule has 25 heavy (non-hydrogen) atoms. The van der Waals surface area contributed by atoms with Crippen LogP contribution >= 0.6 is 0 Å². The lowest BCUT2D eigenvalue weighted by molar-refractivity contribution is -0.119. The number of aromatic nitrogens is 1. The van der Waals surface area contributed by atoms with Gasteiger partial charge in [0.1, 0.15) is 11.4 Å². The third-order valence-corrected chi connectivity index (χ3v) is 4.71. The molecule has 0 aliphatic carbocycles. The minimum Gasteiger partial charge on any atom is -0.444 e. The van der Waals surface area contributed by atoms with Crippen LogP contribution in [0, 0.1) is 0 Å². The molecule has 5 nitrogen and oxygen atoms in total. The van der Waals surface area contributed by atoms with Gasteiger partial charge >= 0.3 is 6.09 Å². The molecule has 1 aromatic heterocycles. The highest BCUT2D eigenvalue weighted by atomic mass is 16.6. The van der Waals surface area contributed by atoms with Crippen LogP contribution in [0.4, 0.5) is 4.79 Å². The maximum absolute atomic E-state index is 12.6. The van der Waals surface area contributed by atoms with Crippen molar-refractivity contribution in [2.45, 2.75) is 58.1 Å². The van der Waals surface area contributed by atoms with Gasteiger partial charge in [0.2, 0.25) is 0 Å². The van der Waals surface area contributed by atoms with E-state index in [0.29, 0.717) is 6.54 Å². The lowest BCUT2D eigenvalue weighted by Crippen LogP contribution is -2.43. The second kappa shape index (κ2) is 6.54. The van der Waals surface area contributed by atoms with E-state index in [4.69, 9.17) is 4.74 Å². The number of aromatic amines is 1. The average Bonchev–Trinajstić information content (AvgIpc) is 3.14. The highest BCUT2D eigenvalue weighted by Gasteiger charge is 2.40. The monoisotopic (exact) mass is 342 g/mol. The molecule has 1 aromatic carbocycles. The molecule has 3 rings (SSSR count). The fourth-order valence-electron chi connectivity index (χ4n) is 3.73. The molecule has 1 unspecified atom stereocenters. The Bertz CT molecular complexity index is 788. The number of hydrogen-bond donors (Lipinski definition) is 1. The molecule has 2 heterocycles. The molecule has 134 valence electrons. The molecule has 1 aliphatic rings. The lowest BCUT2D eigenvalue weighted by Gasteiger charge is -2.32. The van der Waals surface area contributed by atoms with Crippen LogP contribution in [0.3, 0.4) is 0 Å². The molecular formula is C20H26N2O3. The van der Waals surface area contributed by atoms with Crippen LogP contribution in [0.5, 0.6) is 0 Å². The van der Waals surface area contributed by atoms with E-state index in [1.807, 2.05) is 51.2 Å². The number of rotatable bonds is 3. The Morgan fingerprint density at radius 2 is 2.00 bits per heavy atom. The predicted molar refractivity (Wildman–Crippen MR) is 97.7 cm³/mol. The second-order valence-electron chi connectivity index (χ2n) is 7.76. The number of carbonyl (C=O) groups is 2. The fraction of sp³-hybridized carbons (Fsp3) is 0.500. The average molecular weight is 342 g/mol. The van der Waals surface area contributed by atoms with Gasteiger partial charge in [0.05, 0.1) is 5.92 Å². The van der Waals surface area contributed by atoms with E-state index in [9.17, 15) is 9.59 Å². The number of benzene rings is 1. The Hall–Kier alpha value is -2.30. The molecule has 0 spiro atoms. The second-order valence-corrected chi connectivity index (χ2v) is 7.76. The molecule has 0 saturated carbocycles. The molecule has 1 aliphatic heterocycles. The van der Waals surface area contributed by atoms with Crippen LogP contribution in [-0.2, 0) is 9.53 Å². The van der Waals surface area contributed by atoms with Gasteiger partial charge in [-0.2, -0.15) is 0 Å². The number of ketones is 1. The number of nitrogens with one attached hydrogen (secondary N) is 1. The molecule has 2 atom stereocenters. The molecular weight excluding hydrogens is 316 g/mol. The van der Waals surface area contributed by atoms with Crippen molar-refractivity contribution in [1.82, 2.24) is 9.88 Å². The SMILES string of the molecule is CC(=O)C(c1c[nH]c2ccccc12)[C@@H]1CCCN1C(=O)OC(C)(C)C. The van der Waals surface area contributed by atoms with Crippen molar-refractivity contribution >= 4 is 22.8 Å². The number of nitrogens with zero attached hydrogens (tertiary/aromatic N) is 1. The Morgan fingerprint density at radius 1 is 1.28 bits per heavy atom. The molecule has 1 amide bonds. The minimum absolute atomic E-state index is 0.0743. The number of fused-ring (bicyclic) bond motifs is 1. The normalized spacial score (nSPS) is 19.2. The summed E-state index contributed by atoms with van der Waals surface area (Å²) in [5, 5.41) is 1.04. The number of ether oxygens (including phenoxy) is 1. The largest absolute Gasteiger partial charge is 0.444 e. The molecule has 0 radical (unpaired) electrons. The van der Waals surface area contributed by atoms with Crippen molar-refractivity contribution in [1.29, 1.82) is 0 Å². The van der Waals surface area contributed by atoms with Gasteiger partial charge in [-0.25, -0.2) is 4.79 Å². The van der Waals surface area contributed by atoms with Crippen molar-refractivity contribution in [3.63, 3.8) is 0 Å². The summed E-state index contributed by atoms with van der Waals surface area (Å²) in [6.07, 6.45) is 3.27. The number of amides is 1. The van der Waals surface area contributed by atoms with Gasteiger partial charge in [-0.1, -0.05) is 18.2 Å². The zero-order valence-corrected chi connectivity index (χ0v) is 15.3. The van der Waals surface area contributed by atoms with E-state index in [-0.39, 0.29) is 23.8 Å². The first kappa shape index (κ1) is 17.5. The Kier molecular flexibility index (Phi) is 4.58. The van der Waals surface area contributed by atoms with Crippen molar-refractivity contribution in [2.75, 3.05) is 6.54 Å². The number of para-hydroxylation sites is 1. The first-order valence-corrected chi connectivity index (χ1v) is 8.84. The fourth-order valence-corrected chi connectivity index (χ4v) is 3.73. The van der Waals surface area contributed by atoms with E-state index in [2.05, 4.69) is 4.98 Å². The molecule has 0 bridgehead atoms. The third-order valence-electron chi connectivity index (χ3n) is 4.71. The summed E-state index contributed by atoms with van der Waals surface area (Å²) in [7, 11) is 0. The van der Waals surface area contributed by atoms with E-state index in [1.54, 1.807) is 11.8 Å². The summed E-state index contributed by atoms with van der Waals surface area (Å²) in [4.78, 5) is 30.1. The summed E-state index contributed by atoms with van der Waals surface area (Å²) < 4.78 is 5.55. The number of carbonyl (C=O) groups excluding carboxylic acids is 2. The van der Waals surface area contributed by atoms with E-state index in [0.717, 1.165) is 29.3 Å². The van der Waals surface area contributed by atoms with Crippen LogP contribution in [0.1, 0.15) is 52.0 Å². The number of hydrogen-bond acceptors (Lipinski definition) is 3. The van der Waals surface area contributed by atoms with Crippen LogP contribution in [-0.4, -0.2) is 39.9 Å². The first-order valence-electron chi connectivity index (χ1n) is 8.84. The van der Waals surface area contributed by atoms with Crippen molar-refractivity contribution < 1.29 is 14.3 Å². The zero-order valence-electron chi connectivity index (χ0n) is 15.3. The van der Waals surface area contributed by atoms with E-state index in [1.165, 1.54) is 0 Å². The topological polar surface area (TPSA) is 62.4 Å². The molecule has 1 N–H and O–H groups in total. The first-order chi connectivity index (χ1) is 11.8. The third kappa shape index (κ3) is 3.55. The maximum atomic E-state index is 12.6. The van der Waals surface area contributed by atoms with Crippen molar-refractivity contribution in [2.24, 2.45) is 0 Å². The minimum atomic E-state index is -0.545. The van der Waals surface area contributed by atoms with Gasteiger partial charge < -0.3 is 14.6 Å². The molecule has 1 fully saturated rings. The Balaban J connectivity index is 1.95. The van der Waals surface area contributed by atoms with Gasteiger partial charge in [-0.05, 0) is 52.2 Å². The summed E-state index contributed by atoms with van der Waals surface area (Å²) in [6, 6.07) is 7.79. The van der Waals surface area contributed by atoms with Crippen molar-refractivity contribution in [3.05, 3.63) is 36.0 Å². The van der Waals surface area contributed by atoms with Crippen LogP contribution in [0.15, 0.2) is 30.5 Å². The molecule has 5 heteroatoms. The lowest BCUT2D eigenvalue weighted by atomic mass is 9.86. The van der Waals surface area contributed by atoms with Gasteiger partial charge in [0, 0.05) is 29.7 Å². The smallest absolute Gasteiger partial charge is 0.410 e. The number of Topliss-reactive ketones (excluding diaryl/α,β-unsaturated/α-hetero) is 1. The van der Waals surface area contributed by atoms with Crippen LogP contribution in [0.2, 0.25) is 0 Å². The van der Waals surface area contributed by atoms with Crippen molar-refractivity contribution in [3.8, 4) is 0 Å². The predicted octanol–water partition coefficient (Wildman–Crippen LogP) is 4.24.